The summed E-state index contributed by atoms with van der Waals surface area (Å²) >= 11 is 0. The monoisotopic (exact) mass is 242 g/mol. The first kappa shape index (κ1) is 14.5. The van der Waals surface area contributed by atoms with Crippen molar-refractivity contribution in [3.8, 4) is 0 Å². The van der Waals surface area contributed by atoms with E-state index in [0.29, 0.717) is 5.92 Å². The van der Waals surface area contributed by atoms with Crippen molar-refractivity contribution in [3.63, 3.8) is 0 Å². The molecule has 0 aromatic heterocycles. The molecule has 1 fully saturated rings. The fourth-order valence-electron chi connectivity index (χ4n) is 2.42. The Hall–Kier alpha value is -0.610. The number of nitrogens with one attached hydrogen (secondary N) is 1. The Labute approximate surface area is 105 Å². The zero-order valence-electron chi connectivity index (χ0n) is 11.5. The minimum absolute atomic E-state index is 0.0680. The Morgan fingerprint density at radius 1 is 1.53 bits per heavy atom. The van der Waals surface area contributed by atoms with Crippen molar-refractivity contribution < 1.29 is 9.53 Å². The molecule has 0 spiro atoms. The molecule has 0 aromatic rings. The molecule has 0 bridgehead atoms. The molecular formula is C13H26N2O2. The average Bonchev–Trinajstić information content (AvgIpc) is 2.37. The largest absolute Gasteiger partial charge is 0.469 e. The predicted octanol–water partition coefficient (Wildman–Crippen LogP) is 1.12. The Balaban J connectivity index is 2.39. The van der Waals surface area contributed by atoms with Gasteiger partial charge >= 0.3 is 5.97 Å². The summed E-state index contributed by atoms with van der Waals surface area (Å²) in [6.07, 6.45) is 2.55. The maximum Gasteiger partial charge on any atom is 0.309 e. The van der Waals surface area contributed by atoms with E-state index in [-0.39, 0.29) is 17.9 Å². The molecule has 1 rings (SSSR count). The fraction of sp³-hybridized carbons (Fsp3) is 0.923. The van der Waals surface area contributed by atoms with Crippen LogP contribution in [0.5, 0.6) is 0 Å². The van der Waals surface area contributed by atoms with Crippen LogP contribution in [0, 0.1) is 11.8 Å². The summed E-state index contributed by atoms with van der Waals surface area (Å²) in [6, 6.07) is 0.226. The quantitative estimate of drug-likeness (QED) is 0.734. The second-order valence-corrected chi connectivity index (χ2v) is 5.20. The molecule has 1 heterocycles. The van der Waals surface area contributed by atoms with E-state index in [1.165, 1.54) is 20.0 Å². The lowest BCUT2D eigenvalue weighted by Gasteiger charge is -2.33. The van der Waals surface area contributed by atoms with E-state index < -0.39 is 0 Å². The number of nitrogens with zero attached hydrogens (tertiary/aromatic N) is 1. The highest BCUT2D eigenvalue weighted by Gasteiger charge is 2.26. The highest BCUT2D eigenvalue weighted by molar-refractivity contribution is 5.72. The molecule has 0 saturated carbocycles. The van der Waals surface area contributed by atoms with E-state index in [1.807, 2.05) is 6.92 Å². The number of esters is 1. The average molecular weight is 242 g/mol. The normalized spacial score (nSPS) is 24.4. The summed E-state index contributed by atoms with van der Waals surface area (Å²) in [6.45, 7) is 7.33. The predicted molar refractivity (Wildman–Crippen MR) is 68.9 cm³/mol. The molecule has 1 aliphatic rings. The first-order chi connectivity index (χ1) is 8.06. The molecule has 0 aliphatic carbocycles. The molecule has 4 heteroatoms. The van der Waals surface area contributed by atoms with Crippen molar-refractivity contribution in [1.82, 2.24) is 10.2 Å². The van der Waals surface area contributed by atoms with Gasteiger partial charge in [-0.05, 0) is 45.8 Å². The molecule has 17 heavy (non-hydrogen) atoms. The van der Waals surface area contributed by atoms with Crippen molar-refractivity contribution in [1.29, 1.82) is 0 Å². The van der Waals surface area contributed by atoms with Crippen molar-refractivity contribution in [2.75, 3.05) is 33.8 Å². The van der Waals surface area contributed by atoms with E-state index in [2.05, 4.69) is 24.2 Å². The third kappa shape index (κ3) is 4.28. The van der Waals surface area contributed by atoms with Crippen LogP contribution >= 0.6 is 0 Å². The van der Waals surface area contributed by atoms with E-state index in [1.54, 1.807) is 0 Å². The summed E-state index contributed by atoms with van der Waals surface area (Å²) in [5, 5.41) is 3.42. The van der Waals surface area contributed by atoms with E-state index in [4.69, 9.17) is 4.74 Å². The highest BCUT2D eigenvalue weighted by Crippen LogP contribution is 2.16. The maximum atomic E-state index is 11.5. The Morgan fingerprint density at radius 2 is 2.24 bits per heavy atom. The van der Waals surface area contributed by atoms with Crippen molar-refractivity contribution in [2.24, 2.45) is 11.8 Å². The lowest BCUT2D eigenvalue weighted by molar-refractivity contribution is -0.146. The standard InChI is InChI=1S/C13H26N2O2/c1-10(13(16)17-4)11(2)15(3)9-12-6-5-7-14-8-12/h10-12,14H,5-9H2,1-4H3. The molecule has 1 saturated heterocycles. The molecule has 3 unspecified atom stereocenters. The van der Waals surface area contributed by atoms with Gasteiger partial charge in [0, 0.05) is 12.6 Å². The first-order valence-corrected chi connectivity index (χ1v) is 6.55. The summed E-state index contributed by atoms with van der Waals surface area (Å²) in [5.41, 5.74) is 0. The minimum Gasteiger partial charge on any atom is -0.469 e. The molecule has 0 aromatic carbocycles. The van der Waals surface area contributed by atoms with Gasteiger partial charge < -0.3 is 15.0 Å². The van der Waals surface area contributed by atoms with Gasteiger partial charge in [-0.3, -0.25) is 4.79 Å². The van der Waals surface area contributed by atoms with Gasteiger partial charge in [-0.15, -0.1) is 0 Å². The zero-order chi connectivity index (χ0) is 12.8. The fourth-order valence-corrected chi connectivity index (χ4v) is 2.42. The second-order valence-electron chi connectivity index (χ2n) is 5.20. The van der Waals surface area contributed by atoms with Crippen LogP contribution in [0.15, 0.2) is 0 Å². The van der Waals surface area contributed by atoms with Crippen molar-refractivity contribution >= 4 is 5.97 Å². The van der Waals surface area contributed by atoms with Crippen LogP contribution < -0.4 is 5.32 Å². The molecule has 0 amide bonds. The summed E-state index contributed by atoms with van der Waals surface area (Å²) in [4.78, 5) is 13.8. The molecule has 3 atom stereocenters. The number of hydrogen-bond donors (Lipinski definition) is 1. The molecule has 1 aliphatic heterocycles. The third-order valence-electron chi connectivity index (χ3n) is 3.94. The third-order valence-corrected chi connectivity index (χ3v) is 3.94. The van der Waals surface area contributed by atoms with E-state index in [9.17, 15) is 4.79 Å². The van der Waals surface area contributed by atoms with Crippen LogP contribution in [0.2, 0.25) is 0 Å². The smallest absolute Gasteiger partial charge is 0.309 e. The minimum atomic E-state index is -0.119. The van der Waals surface area contributed by atoms with Crippen LogP contribution in [0.3, 0.4) is 0 Å². The summed E-state index contributed by atoms with van der Waals surface area (Å²) < 4.78 is 4.80. The topological polar surface area (TPSA) is 41.6 Å². The second kappa shape index (κ2) is 6.97. The SMILES string of the molecule is COC(=O)C(C)C(C)N(C)CC1CCCNC1. The molecule has 1 N–H and O–H groups in total. The Bertz CT molecular complexity index is 240. The van der Waals surface area contributed by atoms with Gasteiger partial charge in [0.25, 0.3) is 0 Å². The maximum absolute atomic E-state index is 11.5. The van der Waals surface area contributed by atoms with Crippen LogP contribution in [-0.4, -0.2) is 50.7 Å². The molecular weight excluding hydrogens is 216 g/mol. The van der Waals surface area contributed by atoms with Gasteiger partial charge in [0.2, 0.25) is 0 Å². The Kier molecular flexibility index (Phi) is 5.92. The summed E-state index contributed by atoms with van der Waals surface area (Å²) in [7, 11) is 3.55. The van der Waals surface area contributed by atoms with Gasteiger partial charge in [-0.2, -0.15) is 0 Å². The number of carbonyl (C=O) groups is 1. The van der Waals surface area contributed by atoms with Crippen molar-refractivity contribution in [2.45, 2.75) is 32.7 Å². The number of piperidine rings is 1. The van der Waals surface area contributed by atoms with Crippen LogP contribution in [0.25, 0.3) is 0 Å². The number of carbonyl (C=O) groups excluding carboxylic acids is 1. The lowest BCUT2D eigenvalue weighted by atomic mass is 9.96. The molecule has 100 valence electrons. The van der Waals surface area contributed by atoms with E-state index in [0.717, 1.165) is 19.6 Å². The molecule has 0 radical (unpaired) electrons. The molecule has 4 nitrogen and oxygen atoms in total. The Morgan fingerprint density at radius 3 is 2.76 bits per heavy atom. The van der Waals surface area contributed by atoms with Crippen molar-refractivity contribution in [3.05, 3.63) is 0 Å². The number of hydrogen-bond acceptors (Lipinski definition) is 4. The summed E-state index contributed by atoms with van der Waals surface area (Å²) in [5.74, 6) is 0.522. The van der Waals surface area contributed by atoms with Crippen LogP contribution in [0.1, 0.15) is 26.7 Å². The number of methoxy groups -OCH3 is 1. The van der Waals surface area contributed by atoms with Gasteiger partial charge in [0.15, 0.2) is 0 Å². The van der Waals surface area contributed by atoms with Crippen LogP contribution in [0.4, 0.5) is 0 Å². The number of rotatable bonds is 5. The van der Waals surface area contributed by atoms with Gasteiger partial charge in [-0.1, -0.05) is 6.92 Å². The lowest BCUT2D eigenvalue weighted by Crippen LogP contribution is -2.43. The zero-order valence-corrected chi connectivity index (χ0v) is 11.5. The number of ether oxygens (including phenoxy) is 1. The van der Waals surface area contributed by atoms with Gasteiger partial charge in [0.05, 0.1) is 13.0 Å². The van der Waals surface area contributed by atoms with Gasteiger partial charge in [-0.25, -0.2) is 0 Å². The highest BCUT2D eigenvalue weighted by atomic mass is 16.5. The van der Waals surface area contributed by atoms with E-state index >= 15 is 0 Å². The first-order valence-electron chi connectivity index (χ1n) is 6.55. The van der Waals surface area contributed by atoms with Crippen LogP contribution in [-0.2, 0) is 9.53 Å². The van der Waals surface area contributed by atoms with Gasteiger partial charge in [0.1, 0.15) is 0 Å².